The number of benzene rings is 2. The van der Waals surface area contributed by atoms with Crippen LogP contribution in [-0.4, -0.2) is 75.9 Å². The van der Waals surface area contributed by atoms with Crippen LogP contribution in [0.25, 0.3) is 0 Å². The Labute approximate surface area is 233 Å². The molecule has 0 saturated carbocycles. The van der Waals surface area contributed by atoms with Gasteiger partial charge in [-0.1, -0.05) is 43.7 Å². The summed E-state index contributed by atoms with van der Waals surface area (Å²) in [6, 6.07) is 16.2. The van der Waals surface area contributed by atoms with Crippen molar-refractivity contribution >= 4 is 23.3 Å². The quantitative estimate of drug-likeness (QED) is 0.348. The minimum absolute atomic E-state index is 0.0894. The number of morpholine rings is 1. The number of carbonyl (C=O) groups is 2. The molecular weight excluding hydrogens is 490 g/mol. The van der Waals surface area contributed by atoms with Gasteiger partial charge in [0.2, 0.25) is 0 Å². The van der Waals surface area contributed by atoms with Crippen LogP contribution >= 0.6 is 0 Å². The maximum absolute atomic E-state index is 13.4. The highest BCUT2D eigenvalue weighted by molar-refractivity contribution is 6.02. The van der Waals surface area contributed by atoms with E-state index < -0.39 is 0 Å². The monoisotopic (exact) mass is 535 g/mol. The Bertz CT molecular complexity index is 1030. The molecule has 0 aromatic heterocycles. The standard InChI is InChI=1S/C31H45N5O3/c1-2-3-14-33-31(38)34-27-10-11-29(36-17-12-26(13-18-36)23-25-8-5-4-6-9-25)28(24-27)30(37)32-15-7-16-35-19-21-39-22-20-35/h4-6,8-11,24,26H,2-3,7,12-23H2,1H3,(H,32,37)(H2,33,34,38). The van der Waals surface area contributed by atoms with E-state index in [9.17, 15) is 9.59 Å². The van der Waals surface area contributed by atoms with E-state index in [-0.39, 0.29) is 11.9 Å². The lowest BCUT2D eigenvalue weighted by molar-refractivity contribution is 0.0374. The summed E-state index contributed by atoms with van der Waals surface area (Å²) in [5.41, 5.74) is 3.58. The number of hydrogen-bond acceptors (Lipinski definition) is 5. The van der Waals surface area contributed by atoms with Crippen molar-refractivity contribution in [1.29, 1.82) is 0 Å². The van der Waals surface area contributed by atoms with Gasteiger partial charge in [-0.05, 0) is 68.3 Å². The number of anilines is 2. The first-order valence-electron chi connectivity index (χ1n) is 14.7. The summed E-state index contributed by atoms with van der Waals surface area (Å²) in [5, 5.41) is 8.92. The predicted molar refractivity (Wildman–Crippen MR) is 158 cm³/mol. The van der Waals surface area contributed by atoms with E-state index in [0.29, 0.717) is 30.3 Å². The average molecular weight is 536 g/mol. The van der Waals surface area contributed by atoms with E-state index in [2.05, 4.69) is 63.0 Å². The summed E-state index contributed by atoms with van der Waals surface area (Å²) in [6.45, 7) is 9.59. The topological polar surface area (TPSA) is 85.9 Å². The number of nitrogens with zero attached hydrogens (tertiary/aromatic N) is 2. The zero-order chi connectivity index (χ0) is 27.3. The minimum Gasteiger partial charge on any atom is -0.379 e. The van der Waals surface area contributed by atoms with Crippen LogP contribution in [0.3, 0.4) is 0 Å². The molecular formula is C31H45N5O3. The number of carbonyl (C=O) groups excluding carboxylic acids is 2. The molecule has 0 radical (unpaired) electrons. The summed E-state index contributed by atoms with van der Waals surface area (Å²) in [5.74, 6) is 0.558. The van der Waals surface area contributed by atoms with Gasteiger partial charge in [-0.3, -0.25) is 9.69 Å². The van der Waals surface area contributed by atoms with Gasteiger partial charge < -0.3 is 25.6 Å². The molecule has 2 aliphatic rings. The molecule has 0 spiro atoms. The Morgan fingerprint density at radius 1 is 0.923 bits per heavy atom. The highest BCUT2D eigenvalue weighted by Gasteiger charge is 2.24. The molecule has 0 unspecified atom stereocenters. The number of urea groups is 1. The van der Waals surface area contributed by atoms with Crippen molar-refractivity contribution in [3.8, 4) is 0 Å². The molecule has 212 valence electrons. The molecule has 39 heavy (non-hydrogen) atoms. The summed E-state index contributed by atoms with van der Waals surface area (Å²) < 4.78 is 5.42. The highest BCUT2D eigenvalue weighted by atomic mass is 16.5. The number of ether oxygens (including phenoxy) is 1. The molecule has 2 fully saturated rings. The van der Waals surface area contributed by atoms with E-state index in [0.717, 1.165) is 90.1 Å². The number of piperidine rings is 1. The van der Waals surface area contributed by atoms with Gasteiger partial charge >= 0.3 is 6.03 Å². The molecule has 2 aromatic rings. The van der Waals surface area contributed by atoms with Crippen molar-refractivity contribution in [1.82, 2.24) is 15.5 Å². The largest absolute Gasteiger partial charge is 0.379 e. The Hall–Kier alpha value is -3.10. The van der Waals surface area contributed by atoms with Gasteiger partial charge in [0.05, 0.1) is 18.8 Å². The Morgan fingerprint density at radius 2 is 1.67 bits per heavy atom. The van der Waals surface area contributed by atoms with Crippen LogP contribution in [0.2, 0.25) is 0 Å². The van der Waals surface area contributed by atoms with Crippen molar-refractivity contribution in [2.45, 2.75) is 45.4 Å². The fourth-order valence-corrected chi connectivity index (χ4v) is 5.38. The minimum atomic E-state index is -0.241. The molecule has 8 heteroatoms. The fraction of sp³-hybridized carbons (Fsp3) is 0.548. The second kappa shape index (κ2) is 15.5. The third kappa shape index (κ3) is 9.25. The van der Waals surface area contributed by atoms with Gasteiger partial charge in [0, 0.05) is 50.6 Å². The highest BCUT2D eigenvalue weighted by Crippen LogP contribution is 2.30. The Morgan fingerprint density at radius 3 is 2.41 bits per heavy atom. The number of rotatable bonds is 12. The molecule has 4 rings (SSSR count). The summed E-state index contributed by atoms with van der Waals surface area (Å²) in [4.78, 5) is 30.5. The Kier molecular flexibility index (Phi) is 11.5. The Balaban J connectivity index is 1.38. The molecule has 0 aliphatic carbocycles. The molecule has 3 N–H and O–H groups in total. The van der Waals surface area contributed by atoms with Crippen LogP contribution in [-0.2, 0) is 11.2 Å². The van der Waals surface area contributed by atoms with Crippen molar-refractivity contribution in [2.24, 2.45) is 5.92 Å². The van der Waals surface area contributed by atoms with Gasteiger partial charge in [-0.25, -0.2) is 4.79 Å². The van der Waals surface area contributed by atoms with E-state index in [1.807, 2.05) is 18.2 Å². The van der Waals surface area contributed by atoms with Gasteiger partial charge in [-0.2, -0.15) is 0 Å². The summed E-state index contributed by atoms with van der Waals surface area (Å²) in [7, 11) is 0. The van der Waals surface area contributed by atoms with E-state index in [4.69, 9.17) is 4.74 Å². The van der Waals surface area contributed by atoms with Crippen LogP contribution in [0, 0.1) is 5.92 Å². The van der Waals surface area contributed by atoms with Crippen LogP contribution < -0.4 is 20.9 Å². The third-order valence-corrected chi connectivity index (χ3v) is 7.68. The lowest BCUT2D eigenvalue weighted by Gasteiger charge is -2.35. The van der Waals surface area contributed by atoms with Crippen molar-refractivity contribution in [3.63, 3.8) is 0 Å². The number of unbranched alkanes of at least 4 members (excludes halogenated alkanes) is 1. The summed E-state index contributed by atoms with van der Waals surface area (Å²) in [6.07, 6.45) is 6.13. The van der Waals surface area contributed by atoms with Crippen molar-refractivity contribution < 1.29 is 14.3 Å². The summed E-state index contributed by atoms with van der Waals surface area (Å²) >= 11 is 0. The number of nitrogens with one attached hydrogen (secondary N) is 3. The number of hydrogen-bond donors (Lipinski definition) is 3. The first kappa shape index (κ1) is 28.9. The zero-order valence-electron chi connectivity index (χ0n) is 23.4. The molecule has 2 saturated heterocycles. The maximum atomic E-state index is 13.4. The van der Waals surface area contributed by atoms with Crippen LogP contribution in [0.1, 0.15) is 54.9 Å². The molecule has 2 aliphatic heterocycles. The average Bonchev–Trinajstić information content (AvgIpc) is 2.97. The predicted octanol–water partition coefficient (Wildman–Crippen LogP) is 4.52. The lowest BCUT2D eigenvalue weighted by atomic mass is 9.89. The molecule has 0 bridgehead atoms. The second-order valence-electron chi connectivity index (χ2n) is 10.6. The molecule has 3 amide bonds. The molecule has 2 aromatic carbocycles. The third-order valence-electron chi connectivity index (χ3n) is 7.68. The fourth-order valence-electron chi connectivity index (χ4n) is 5.38. The van der Waals surface area contributed by atoms with Crippen LogP contribution in [0.5, 0.6) is 0 Å². The van der Waals surface area contributed by atoms with Crippen molar-refractivity contribution in [2.75, 3.05) is 69.2 Å². The molecule has 0 atom stereocenters. The van der Waals surface area contributed by atoms with Crippen LogP contribution in [0.15, 0.2) is 48.5 Å². The molecule has 2 heterocycles. The van der Waals surface area contributed by atoms with Crippen molar-refractivity contribution in [3.05, 3.63) is 59.7 Å². The number of amides is 3. The van der Waals surface area contributed by atoms with E-state index in [1.54, 1.807) is 0 Å². The van der Waals surface area contributed by atoms with Crippen LogP contribution in [0.4, 0.5) is 16.2 Å². The SMILES string of the molecule is CCCCNC(=O)Nc1ccc(N2CCC(Cc3ccccc3)CC2)c(C(=O)NCCCN2CCOCC2)c1. The smallest absolute Gasteiger partial charge is 0.319 e. The zero-order valence-corrected chi connectivity index (χ0v) is 23.4. The van der Waals surface area contributed by atoms with Gasteiger partial charge in [0.1, 0.15) is 0 Å². The van der Waals surface area contributed by atoms with Gasteiger partial charge in [0.15, 0.2) is 0 Å². The van der Waals surface area contributed by atoms with Gasteiger partial charge in [-0.15, -0.1) is 0 Å². The normalized spacial score (nSPS) is 16.6. The molecule has 8 nitrogen and oxygen atoms in total. The first-order chi connectivity index (χ1) is 19.1. The van der Waals surface area contributed by atoms with Gasteiger partial charge in [0.25, 0.3) is 5.91 Å². The maximum Gasteiger partial charge on any atom is 0.319 e. The lowest BCUT2D eigenvalue weighted by Crippen LogP contribution is -2.38. The van der Waals surface area contributed by atoms with E-state index >= 15 is 0 Å². The second-order valence-corrected chi connectivity index (χ2v) is 10.6. The first-order valence-corrected chi connectivity index (χ1v) is 14.7. The van der Waals surface area contributed by atoms with E-state index in [1.165, 1.54) is 5.56 Å².